The Labute approximate surface area is 119 Å². The van der Waals surface area contributed by atoms with Crippen molar-refractivity contribution in [1.29, 1.82) is 0 Å². The van der Waals surface area contributed by atoms with Crippen LogP contribution in [0, 0.1) is 0 Å². The molecule has 2 heterocycles. The number of likely N-dealkylation sites (N-methyl/N-ethyl adjacent to an activating group) is 1. The summed E-state index contributed by atoms with van der Waals surface area (Å²) < 4.78 is 0. The van der Waals surface area contributed by atoms with Crippen molar-refractivity contribution in [3.05, 3.63) is 22.4 Å². The molecule has 4 nitrogen and oxygen atoms in total. The third kappa shape index (κ3) is 3.16. The molecule has 1 aliphatic rings. The van der Waals surface area contributed by atoms with Crippen LogP contribution in [0.5, 0.6) is 0 Å². The van der Waals surface area contributed by atoms with Crippen molar-refractivity contribution in [1.82, 2.24) is 15.1 Å². The van der Waals surface area contributed by atoms with Gasteiger partial charge in [0.15, 0.2) is 0 Å². The van der Waals surface area contributed by atoms with Gasteiger partial charge in [-0.25, -0.2) is 0 Å². The Balaban J connectivity index is 2.09. The van der Waals surface area contributed by atoms with Crippen LogP contribution in [-0.4, -0.2) is 47.9 Å². The van der Waals surface area contributed by atoms with Crippen LogP contribution in [0.4, 0.5) is 0 Å². The molecule has 0 bridgehead atoms. The lowest BCUT2D eigenvalue weighted by molar-refractivity contribution is -0.130. The zero-order valence-electron chi connectivity index (χ0n) is 11.9. The smallest absolute Gasteiger partial charge is 0.238 e. The van der Waals surface area contributed by atoms with E-state index in [9.17, 15) is 4.79 Å². The van der Waals surface area contributed by atoms with Gasteiger partial charge in [0.2, 0.25) is 5.91 Å². The SMILES string of the molecule is CCN(CC)CC(C)N1C(=O)CNC1c1cccs1. The molecule has 1 fully saturated rings. The second kappa shape index (κ2) is 6.50. The van der Waals surface area contributed by atoms with E-state index in [0.717, 1.165) is 19.6 Å². The first-order valence-electron chi connectivity index (χ1n) is 6.97. The van der Waals surface area contributed by atoms with Crippen molar-refractivity contribution in [2.45, 2.75) is 33.0 Å². The van der Waals surface area contributed by atoms with E-state index in [4.69, 9.17) is 0 Å². The Morgan fingerprint density at radius 3 is 2.84 bits per heavy atom. The number of carbonyl (C=O) groups excluding carboxylic acids is 1. The van der Waals surface area contributed by atoms with Gasteiger partial charge in [0.25, 0.3) is 0 Å². The normalized spacial score (nSPS) is 21.4. The van der Waals surface area contributed by atoms with Crippen LogP contribution in [0.25, 0.3) is 0 Å². The molecule has 0 aromatic carbocycles. The molecule has 1 aliphatic heterocycles. The fourth-order valence-electron chi connectivity index (χ4n) is 2.65. The van der Waals surface area contributed by atoms with Gasteiger partial charge in [-0.1, -0.05) is 19.9 Å². The first-order valence-corrected chi connectivity index (χ1v) is 7.85. The van der Waals surface area contributed by atoms with E-state index < -0.39 is 0 Å². The second-order valence-electron chi connectivity index (χ2n) is 4.93. The van der Waals surface area contributed by atoms with Crippen LogP contribution in [0.1, 0.15) is 31.8 Å². The summed E-state index contributed by atoms with van der Waals surface area (Å²) in [7, 11) is 0. The highest BCUT2D eigenvalue weighted by atomic mass is 32.1. The third-order valence-corrected chi connectivity index (χ3v) is 4.64. The highest BCUT2D eigenvalue weighted by Gasteiger charge is 2.35. The Morgan fingerprint density at radius 2 is 2.26 bits per heavy atom. The first kappa shape index (κ1) is 14.5. The van der Waals surface area contributed by atoms with Gasteiger partial charge in [-0.3, -0.25) is 10.1 Å². The molecular weight excluding hydrogens is 258 g/mol. The molecule has 0 aliphatic carbocycles. The van der Waals surface area contributed by atoms with Crippen molar-refractivity contribution >= 4 is 17.2 Å². The molecule has 1 saturated heterocycles. The van der Waals surface area contributed by atoms with Crippen LogP contribution in [0.3, 0.4) is 0 Å². The van der Waals surface area contributed by atoms with Gasteiger partial charge in [-0.15, -0.1) is 11.3 Å². The van der Waals surface area contributed by atoms with Crippen LogP contribution in [-0.2, 0) is 4.79 Å². The topological polar surface area (TPSA) is 35.6 Å². The monoisotopic (exact) mass is 281 g/mol. The van der Waals surface area contributed by atoms with Gasteiger partial charge in [0, 0.05) is 17.5 Å². The molecule has 1 N–H and O–H groups in total. The number of nitrogens with one attached hydrogen (secondary N) is 1. The maximum absolute atomic E-state index is 12.1. The van der Waals surface area contributed by atoms with Crippen LogP contribution in [0.15, 0.2) is 17.5 Å². The van der Waals surface area contributed by atoms with E-state index in [-0.39, 0.29) is 18.1 Å². The lowest BCUT2D eigenvalue weighted by Gasteiger charge is -2.33. The van der Waals surface area contributed by atoms with Crippen LogP contribution >= 0.6 is 11.3 Å². The fraction of sp³-hybridized carbons (Fsp3) is 0.643. The Hall–Kier alpha value is -0.910. The molecule has 2 unspecified atom stereocenters. The van der Waals surface area contributed by atoms with Crippen molar-refractivity contribution < 1.29 is 4.79 Å². The molecule has 106 valence electrons. The Kier molecular flexibility index (Phi) is 4.96. The molecular formula is C14H23N3OS. The zero-order chi connectivity index (χ0) is 13.8. The Bertz CT molecular complexity index is 403. The van der Waals surface area contributed by atoms with Gasteiger partial charge in [0.05, 0.1) is 6.54 Å². The summed E-state index contributed by atoms with van der Waals surface area (Å²) in [6, 6.07) is 4.37. The highest BCUT2D eigenvalue weighted by Crippen LogP contribution is 2.28. The molecule has 0 spiro atoms. The van der Waals surface area contributed by atoms with Crippen molar-refractivity contribution in [2.24, 2.45) is 0 Å². The standard InChI is InChI=1S/C14H23N3OS/c1-4-16(5-2)10-11(3)17-13(18)9-15-14(17)12-7-6-8-19-12/h6-8,11,14-15H,4-5,9-10H2,1-3H3. The summed E-state index contributed by atoms with van der Waals surface area (Å²) >= 11 is 1.70. The van der Waals surface area contributed by atoms with E-state index in [1.165, 1.54) is 4.88 Å². The van der Waals surface area contributed by atoms with Crippen LogP contribution < -0.4 is 5.32 Å². The average molecular weight is 281 g/mol. The van der Waals surface area contributed by atoms with E-state index >= 15 is 0 Å². The number of amides is 1. The summed E-state index contributed by atoms with van der Waals surface area (Å²) in [5.74, 6) is 0.207. The minimum atomic E-state index is 0.0538. The van der Waals surface area contributed by atoms with Gasteiger partial charge >= 0.3 is 0 Å². The van der Waals surface area contributed by atoms with Crippen molar-refractivity contribution in [3.8, 4) is 0 Å². The Morgan fingerprint density at radius 1 is 1.53 bits per heavy atom. The van der Waals surface area contributed by atoms with Gasteiger partial charge in [-0.2, -0.15) is 0 Å². The summed E-state index contributed by atoms with van der Waals surface area (Å²) in [6.07, 6.45) is 0.0538. The number of thiophene rings is 1. The van der Waals surface area contributed by atoms with Gasteiger partial charge in [-0.05, 0) is 31.5 Å². The minimum Gasteiger partial charge on any atom is -0.317 e. The molecule has 0 radical (unpaired) electrons. The average Bonchev–Trinajstić information content (AvgIpc) is 3.04. The maximum atomic E-state index is 12.1. The van der Waals surface area contributed by atoms with Crippen LogP contribution in [0.2, 0.25) is 0 Å². The summed E-state index contributed by atoms with van der Waals surface area (Å²) in [5, 5.41) is 5.38. The van der Waals surface area contributed by atoms with E-state index in [0.29, 0.717) is 6.54 Å². The fourth-order valence-corrected chi connectivity index (χ4v) is 3.44. The minimum absolute atomic E-state index is 0.0538. The number of rotatable bonds is 6. The maximum Gasteiger partial charge on any atom is 0.238 e. The zero-order valence-corrected chi connectivity index (χ0v) is 12.7. The van der Waals surface area contributed by atoms with Crippen molar-refractivity contribution in [3.63, 3.8) is 0 Å². The van der Waals surface area contributed by atoms with Gasteiger partial charge in [0.1, 0.15) is 6.17 Å². The first-order chi connectivity index (χ1) is 9.17. The highest BCUT2D eigenvalue weighted by molar-refractivity contribution is 7.10. The van der Waals surface area contributed by atoms with E-state index in [1.54, 1.807) is 11.3 Å². The molecule has 2 rings (SSSR count). The summed E-state index contributed by atoms with van der Waals surface area (Å²) in [6.45, 7) is 9.91. The van der Waals surface area contributed by atoms with E-state index in [2.05, 4.69) is 42.4 Å². The second-order valence-corrected chi connectivity index (χ2v) is 5.91. The lowest BCUT2D eigenvalue weighted by Crippen LogP contribution is -2.44. The quantitative estimate of drug-likeness (QED) is 0.865. The molecule has 2 atom stereocenters. The number of hydrogen-bond donors (Lipinski definition) is 1. The largest absolute Gasteiger partial charge is 0.317 e. The van der Waals surface area contributed by atoms with Crippen molar-refractivity contribution in [2.75, 3.05) is 26.2 Å². The number of nitrogens with zero attached hydrogens (tertiary/aromatic N) is 2. The molecule has 5 heteroatoms. The van der Waals surface area contributed by atoms with E-state index in [1.807, 2.05) is 11.0 Å². The molecule has 1 amide bonds. The molecule has 1 aromatic heterocycles. The lowest BCUT2D eigenvalue weighted by atomic mass is 10.2. The number of carbonyl (C=O) groups is 1. The molecule has 0 saturated carbocycles. The third-order valence-electron chi connectivity index (χ3n) is 3.72. The molecule has 1 aromatic rings. The predicted octanol–water partition coefficient (Wildman–Crippen LogP) is 1.91. The predicted molar refractivity (Wildman–Crippen MR) is 79.2 cm³/mol. The summed E-state index contributed by atoms with van der Waals surface area (Å²) in [5.41, 5.74) is 0. The molecule has 19 heavy (non-hydrogen) atoms. The number of hydrogen-bond acceptors (Lipinski definition) is 4. The summed E-state index contributed by atoms with van der Waals surface area (Å²) in [4.78, 5) is 17.7. The van der Waals surface area contributed by atoms with Gasteiger partial charge < -0.3 is 9.80 Å².